The summed E-state index contributed by atoms with van der Waals surface area (Å²) in [5, 5.41) is 3.36. The van der Waals surface area contributed by atoms with Gasteiger partial charge in [-0.25, -0.2) is 0 Å². The summed E-state index contributed by atoms with van der Waals surface area (Å²) >= 11 is 0. The fourth-order valence-electron chi connectivity index (χ4n) is 2.30. The van der Waals surface area contributed by atoms with Gasteiger partial charge in [-0.3, -0.25) is 0 Å². The van der Waals surface area contributed by atoms with Crippen LogP contribution in [0.2, 0.25) is 0 Å². The Balaban J connectivity index is 2.68. The molecule has 1 rings (SSSR count). The summed E-state index contributed by atoms with van der Waals surface area (Å²) in [5.74, 6) is 1.64. The first-order chi connectivity index (χ1) is 8.10. The minimum atomic E-state index is 0.552. The summed E-state index contributed by atoms with van der Waals surface area (Å²) in [6.45, 7) is 9.02. The lowest BCUT2D eigenvalue weighted by molar-refractivity contribution is 0.474. The Bertz CT molecular complexity index is 284. The van der Waals surface area contributed by atoms with E-state index in [0.29, 0.717) is 12.0 Å². The second kappa shape index (κ2) is 7.00. The monoisotopic (exact) mass is 235 g/mol. The van der Waals surface area contributed by atoms with E-state index in [1.54, 1.807) is 11.1 Å². The van der Waals surface area contributed by atoms with Gasteiger partial charge in [0.15, 0.2) is 0 Å². The molecule has 0 heterocycles. The average molecular weight is 235 g/mol. The number of allylic oxidation sites excluding steroid dienone is 3. The Morgan fingerprint density at radius 1 is 1.35 bits per heavy atom. The van der Waals surface area contributed by atoms with Crippen LogP contribution in [0.15, 0.2) is 23.3 Å². The molecule has 0 bridgehead atoms. The zero-order chi connectivity index (χ0) is 12.8. The van der Waals surface area contributed by atoms with Gasteiger partial charge in [-0.15, -0.1) is 0 Å². The third-order valence-electron chi connectivity index (χ3n) is 4.28. The first kappa shape index (κ1) is 14.5. The summed E-state index contributed by atoms with van der Waals surface area (Å²) < 4.78 is 0. The van der Waals surface area contributed by atoms with Crippen LogP contribution >= 0.6 is 0 Å². The van der Waals surface area contributed by atoms with Gasteiger partial charge in [-0.1, -0.05) is 37.5 Å². The quantitative estimate of drug-likeness (QED) is 0.648. The zero-order valence-corrected chi connectivity index (χ0v) is 12.2. The molecule has 0 amide bonds. The molecule has 1 aliphatic carbocycles. The molecule has 1 heteroatoms. The fourth-order valence-corrected chi connectivity index (χ4v) is 2.30. The Hall–Kier alpha value is -0.560. The van der Waals surface area contributed by atoms with Crippen LogP contribution in [0.1, 0.15) is 53.4 Å². The number of hydrogen-bond acceptors (Lipinski definition) is 1. The lowest BCUT2D eigenvalue weighted by Gasteiger charge is -2.22. The summed E-state index contributed by atoms with van der Waals surface area (Å²) in [7, 11) is 2.05. The van der Waals surface area contributed by atoms with E-state index in [2.05, 4.69) is 45.2 Å². The molecule has 0 aromatic carbocycles. The Labute approximate surface area is 107 Å². The van der Waals surface area contributed by atoms with Crippen molar-refractivity contribution >= 4 is 0 Å². The molecule has 1 nitrogen and oxygen atoms in total. The lowest BCUT2D eigenvalue weighted by atomic mass is 9.89. The maximum Gasteiger partial charge on any atom is 0.00986 e. The molecule has 0 saturated heterocycles. The van der Waals surface area contributed by atoms with Gasteiger partial charge < -0.3 is 5.32 Å². The van der Waals surface area contributed by atoms with Gasteiger partial charge in [-0.05, 0) is 58.1 Å². The van der Waals surface area contributed by atoms with Gasteiger partial charge in [-0.2, -0.15) is 0 Å². The van der Waals surface area contributed by atoms with Crippen LogP contribution in [-0.4, -0.2) is 13.1 Å². The molecule has 1 N–H and O–H groups in total. The molecule has 1 aliphatic rings. The highest BCUT2D eigenvalue weighted by Gasteiger charge is 2.22. The topological polar surface area (TPSA) is 12.0 Å². The summed E-state index contributed by atoms with van der Waals surface area (Å²) in [4.78, 5) is 0. The van der Waals surface area contributed by atoms with Gasteiger partial charge in [0.25, 0.3) is 0 Å². The fraction of sp³-hybridized carbons (Fsp3) is 0.750. The molecule has 1 saturated carbocycles. The van der Waals surface area contributed by atoms with Crippen LogP contribution in [0.5, 0.6) is 0 Å². The predicted octanol–water partition coefficient (Wildman–Crippen LogP) is 4.31. The maximum atomic E-state index is 3.36. The molecule has 17 heavy (non-hydrogen) atoms. The summed E-state index contributed by atoms with van der Waals surface area (Å²) in [6, 6.07) is 0.552. The molecule has 0 aromatic heterocycles. The lowest BCUT2D eigenvalue weighted by Crippen LogP contribution is -2.29. The van der Waals surface area contributed by atoms with E-state index in [1.165, 1.54) is 25.7 Å². The molecular weight excluding hydrogens is 206 g/mol. The van der Waals surface area contributed by atoms with Crippen LogP contribution in [0, 0.1) is 11.8 Å². The van der Waals surface area contributed by atoms with Crippen molar-refractivity contribution in [2.24, 2.45) is 11.8 Å². The van der Waals surface area contributed by atoms with Gasteiger partial charge in [0.2, 0.25) is 0 Å². The molecule has 0 radical (unpaired) electrons. The maximum absolute atomic E-state index is 3.36. The molecule has 0 aromatic rings. The van der Waals surface area contributed by atoms with Crippen LogP contribution in [0.25, 0.3) is 0 Å². The van der Waals surface area contributed by atoms with Crippen LogP contribution in [0.3, 0.4) is 0 Å². The molecule has 0 unspecified atom stereocenters. The normalized spacial score (nSPS) is 21.5. The Morgan fingerprint density at radius 3 is 2.47 bits per heavy atom. The summed E-state index contributed by atoms with van der Waals surface area (Å²) in [5.41, 5.74) is 3.12. The smallest absolute Gasteiger partial charge is 0.00986 e. The largest absolute Gasteiger partial charge is 0.317 e. The standard InChI is InChI=1S/C16H29N/c1-6-7-16(11-10-15-8-9-15)13(3)12(2)14(4)17-5/h6-7,12,14-15,17H,8-11H2,1-5H3/b7-6-,16-13-/t12-,14-/m1/s1. The van der Waals surface area contributed by atoms with Crippen molar-refractivity contribution < 1.29 is 0 Å². The van der Waals surface area contributed by atoms with E-state index < -0.39 is 0 Å². The van der Waals surface area contributed by atoms with Gasteiger partial charge in [0, 0.05) is 6.04 Å². The van der Waals surface area contributed by atoms with Gasteiger partial charge in [0.05, 0.1) is 0 Å². The molecular formula is C16H29N. The van der Waals surface area contributed by atoms with Crippen molar-refractivity contribution in [1.82, 2.24) is 5.32 Å². The van der Waals surface area contributed by atoms with Crippen molar-refractivity contribution in [2.45, 2.75) is 59.4 Å². The molecule has 98 valence electrons. The Morgan fingerprint density at radius 2 is 2.00 bits per heavy atom. The van der Waals surface area contributed by atoms with Crippen molar-refractivity contribution in [2.75, 3.05) is 7.05 Å². The minimum absolute atomic E-state index is 0.552. The van der Waals surface area contributed by atoms with Crippen LogP contribution in [0.4, 0.5) is 0 Å². The third-order valence-corrected chi connectivity index (χ3v) is 4.28. The van der Waals surface area contributed by atoms with E-state index in [0.717, 1.165) is 5.92 Å². The van der Waals surface area contributed by atoms with Crippen molar-refractivity contribution in [3.63, 3.8) is 0 Å². The molecule has 0 spiro atoms. The van der Waals surface area contributed by atoms with E-state index in [9.17, 15) is 0 Å². The van der Waals surface area contributed by atoms with Gasteiger partial charge in [0.1, 0.15) is 0 Å². The van der Waals surface area contributed by atoms with Gasteiger partial charge >= 0.3 is 0 Å². The third kappa shape index (κ3) is 4.67. The highest BCUT2D eigenvalue weighted by molar-refractivity contribution is 5.26. The number of nitrogens with one attached hydrogen (secondary N) is 1. The van der Waals surface area contributed by atoms with E-state index in [1.807, 2.05) is 7.05 Å². The number of rotatable bonds is 7. The van der Waals surface area contributed by atoms with Crippen LogP contribution < -0.4 is 5.32 Å². The first-order valence-electron chi connectivity index (χ1n) is 7.09. The number of hydrogen-bond donors (Lipinski definition) is 1. The van der Waals surface area contributed by atoms with E-state index in [4.69, 9.17) is 0 Å². The molecule has 0 aliphatic heterocycles. The second-order valence-corrected chi connectivity index (χ2v) is 5.56. The van der Waals surface area contributed by atoms with E-state index >= 15 is 0 Å². The van der Waals surface area contributed by atoms with E-state index in [-0.39, 0.29) is 0 Å². The molecule has 2 atom stereocenters. The zero-order valence-electron chi connectivity index (χ0n) is 12.2. The van der Waals surface area contributed by atoms with Crippen molar-refractivity contribution in [3.8, 4) is 0 Å². The average Bonchev–Trinajstić information content (AvgIpc) is 3.15. The highest BCUT2D eigenvalue weighted by Crippen LogP contribution is 2.35. The SMILES string of the molecule is C/C=C\C(CCC1CC1)=C(/C)[C@@H](C)[C@@H](C)NC. The van der Waals surface area contributed by atoms with Crippen molar-refractivity contribution in [1.29, 1.82) is 0 Å². The second-order valence-electron chi connectivity index (χ2n) is 5.56. The molecule has 1 fully saturated rings. The first-order valence-corrected chi connectivity index (χ1v) is 7.09. The Kier molecular flexibility index (Phi) is 5.97. The summed E-state index contributed by atoms with van der Waals surface area (Å²) in [6.07, 6.45) is 10.1. The van der Waals surface area contributed by atoms with Crippen LogP contribution in [-0.2, 0) is 0 Å². The predicted molar refractivity (Wildman–Crippen MR) is 77.2 cm³/mol. The minimum Gasteiger partial charge on any atom is -0.317 e. The highest BCUT2D eigenvalue weighted by atomic mass is 14.9. The van der Waals surface area contributed by atoms with Crippen molar-refractivity contribution in [3.05, 3.63) is 23.3 Å².